The molecule has 0 aliphatic rings. The number of rotatable bonds is 15. The first-order chi connectivity index (χ1) is 10.9. The Kier molecular flexibility index (Phi) is 14.6. The normalized spacial score (nSPS) is 14.0. The first kappa shape index (κ1) is 25.7. The summed E-state index contributed by atoms with van der Waals surface area (Å²) in [6.45, 7) is 10.9. The quantitative estimate of drug-likeness (QED) is 0.305. The second-order valence-electron chi connectivity index (χ2n) is 7.69. The van der Waals surface area contributed by atoms with Crippen LogP contribution in [-0.4, -0.2) is 11.1 Å². The Morgan fingerprint density at radius 1 is 0.708 bits per heavy atom. The summed E-state index contributed by atoms with van der Waals surface area (Å²) in [5.41, 5.74) is -0.587. The van der Waals surface area contributed by atoms with E-state index in [1.165, 1.54) is 19.3 Å². The average Bonchev–Trinajstić information content (AvgIpc) is 2.54. The van der Waals surface area contributed by atoms with Gasteiger partial charge in [0.25, 0.3) is 0 Å². The molecule has 0 aliphatic carbocycles. The van der Waals surface area contributed by atoms with Crippen LogP contribution >= 0.6 is 0 Å². The molecule has 0 aromatic rings. The van der Waals surface area contributed by atoms with Crippen LogP contribution < -0.4 is 6.15 Å². The summed E-state index contributed by atoms with van der Waals surface area (Å²) in [5, 5.41) is 10.1. The van der Waals surface area contributed by atoms with Crippen molar-refractivity contribution in [2.75, 3.05) is 0 Å². The number of carboxylic acids is 1. The third-order valence-electron chi connectivity index (χ3n) is 5.95. The van der Waals surface area contributed by atoms with E-state index in [9.17, 15) is 9.90 Å². The highest BCUT2D eigenvalue weighted by atomic mass is 16.4. The van der Waals surface area contributed by atoms with E-state index in [1.807, 2.05) is 0 Å². The zero-order valence-corrected chi connectivity index (χ0v) is 17.3. The second kappa shape index (κ2) is 13.7. The second-order valence-corrected chi connectivity index (χ2v) is 7.69. The molecule has 0 fully saturated rings. The Morgan fingerprint density at radius 2 is 1.08 bits per heavy atom. The molecule has 0 saturated carbocycles. The van der Waals surface area contributed by atoms with E-state index in [2.05, 4.69) is 34.6 Å². The van der Waals surface area contributed by atoms with Crippen molar-refractivity contribution in [2.24, 2.45) is 10.8 Å². The van der Waals surface area contributed by atoms with Crippen LogP contribution in [0.2, 0.25) is 0 Å². The van der Waals surface area contributed by atoms with Gasteiger partial charge in [-0.1, -0.05) is 85.5 Å². The predicted octanol–water partition coefficient (Wildman–Crippen LogP) is 7.38. The van der Waals surface area contributed by atoms with Crippen LogP contribution in [0.1, 0.15) is 118 Å². The van der Waals surface area contributed by atoms with Crippen LogP contribution in [0.4, 0.5) is 0 Å². The van der Waals surface area contributed by atoms with Gasteiger partial charge in [-0.25, -0.2) is 0 Å². The summed E-state index contributed by atoms with van der Waals surface area (Å²) >= 11 is 0. The Bertz CT molecular complexity index is 309. The molecule has 0 rings (SSSR count). The summed E-state index contributed by atoms with van der Waals surface area (Å²) in [6, 6.07) is 0. The van der Waals surface area contributed by atoms with Crippen LogP contribution in [0.25, 0.3) is 0 Å². The molecular weight excluding hydrogens is 298 g/mol. The molecule has 24 heavy (non-hydrogen) atoms. The summed E-state index contributed by atoms with van der Waals surface area (Å²) in [5.74, 6) is -0.561. The fourth-order valence-electron chi connectivity index (χ4n) is 4.08. The Hall–Kier alpha value is -0.570. The summed E-state index contributed by atoms with van der Waals surface area (Å²) in [7, 11) is 0. The molecule has 0 saturated heterocycles. The number of aliphatic carboxylic acids is 1. The minimum atomic E-state index is -0.568. The summed E-state index contributed by atoms with van der Waals surface area (Å²) in [4.78, 5) is 12.3. The zero-order chi connectivity index (χ0) is 17.8. The van der Waals surface area contributed by atoms with Crippen molar-refractivity contribution in [1.29, 1.82) is 0 Å². The topological polar surface area (TPSA) is 72.3 Å². The number of carboxylic acid groups (broad SMARTS) is 1. The fraction of sp³-hybridized carbons (Fsp3) is 0.952. The van der Waals surface area contributed by atoms with Crippen LogP contribution in [0, 0.1) is 10.8 Å². The number of hydrogen-bond acceptors (Lipinski definition) is 2. The van der Waals surface area contributed by atoms with Gasteiger partial charge < -0.3 is 11.3 Å². The van der Waals surface area contributed by atoms with Crippen molar-refractivity contribution in [3.63, 3.8) is 0 Å². The van der Waals surface area contributed by atoms with Gasteiger partial charge in [-0.15, -0.1) is 0 Å². The van der Waals surface area contributed by atoms with E-state index >= 15 is 0 Å². The van der Waals surface area contributed by atoms with E-state index in [0.29, 0.717) is 0 Å². The molecule has 1 atom stereocenters. The van der Waals surface area contributed by atoms with Crippen molar-refractivity contribution in [3.05, 3.63) is 0 Å². The van der Waals surface area contributed by atoms with Crippen LogP contribution in [0.15, 0.2) is 0 Å². The highest BCUT2D eigenvalue weighted by molar-refractivity contribution is 5.75. The number of hydrogen-bond donors (Lipinski definition) is 2. The van der Waals surface area contributed by atoms with Gasteiger partial charge in [-0.3, -0.25) is 4.79 Å². The van der Waals surface area contributed by atoms with Crippen molar-refractivity contribution in [3.8, 4) is 0 Å². The molecular formula is C21H45NO2. The first-order valence-corrected chi connectivity index (χ1v) is 10.2. The molecule has 4 N–H and O–H groups in total. The van der Waals surface area contributed by atoms with Crippen LogP contribution in [0.5, 0.6) is 0 Å². The van der Waals surface area contributed by atoms with Crippen molar-refractivity contribution >= 4 is 5.97 Å². The lowest BCUT2D eigenvalue weighted by Gasteiger charge is -2.47. The van der Waals surface area contributed by atoms with Gasteiger partial charge >= 0.3 is 5.97 Å². The molecule has 146 valence electrons. The van der Waals surface area contributed by atoms with Crippen LogP contribution in [0.3, 0.4) is 0 Å². The lowest BCUT2D eigenvalue weighted by molar-refractivity contribution is -0.160. The van der Waals surface area contributed by atoms with Gasteiger partial charge in [0.2, 0.25) is 0 Å². The third-order valence-corrected chi connectivity index (χ3v) is 5.95. The van der Waals surface area contributed by atoms with Crippen molar-refractivity contribution in [1.82, 2.24) is 6.15 Å². The number of unbranched alkanes of at least 4 members (excludes halogenated alkanes) is 5. The van der Waals surface area contributed by atoms with Gasteiger partial charge in [0.15, 0.2) is 0 Å². The van der Waals surface area contributed by atoms with Gasteiger partial charge in [0.1, 0.15) is 0 Å². The fourth-order valence-corrected chi connectivity index (χ4v) is 4.08. The van der Waals surface area contributed by atoms with Crippen molar-refractivity contribution < 1.29 is 9.90 Å². The van der Waals surface area contributed by atoms with E-state index < -0.39 is 11.4 Å². The van der Waals surface area contributed by atoms with Gasteiger partial charge in [0, 0.05) is 0 Å². The molecule has 0 radical (unpaired) electrons. The maximum atomic E-state index is 12.3. The highest BCUT2D eigenvalue weighted by Gasteiger charge is 2.51. The van der Waals surface area contributed by atoms with E-state index in [1.54, 1.807) is 0 Å². The van der Waals surface area contributed by atoms with E-state index in [-0.39, 0.29) is 11.6 Å². The summed E-state index contributed by atoms with van der Waals surface area (Å²) in [6.07, 6.45) is 14.4. The molecule has 3 heteroatoms. The predicted molar refractivity (Wildman–Crippen MR) is 106 cm³/mol. The average molecular weight is 344 g/mol. The Morgan fingerprint density at radius 3 is 1.46 bits per heavy atom. The lowest BCUT2D eigenvalue weighted by atomic mass is 9.55. The molecule has 0 amide bonds. The number of carbonyl (C=O) groups is 1. The molecule has 0 aromatic carbocycles. The molecule has 0 spiro atoms. The first-order valence-electron chi connectivity index (χ1n) is 10.2. The Balaban J connectivity index is 0. The SMILES string of the molecule is CCCCCC(CCCC)(CCCC)C(C)(CCCC)C(=O)O.N. The molecule has 3 nitrogen and oxygen atoms in total. The largest absolute Gasteiger partial charge is 0.481 e. The lowest BCUT2D eigenvalue weighted by Crippen LogP contribution is -2.46. The minimum absolute atomic E-state index is 0. The maximum Gasteiger partial charge on any atom is 0.309 e. The molecule has 1 unspecified atom stereocenters. The van der Waals surface area contributed by atoms with E-state index in [0.717, 1.165) is 64.2 Å². The van der Waals surface area contributed by atoms with Crippen molar-refractivity contribution in [2.45, 2.75) is 118 Å². The third kappa shape index (κ3) is 7.13. The molecule has 0 aromatic heterocycles. The molecule has 0 bridgehead atoms. The molecule has 0 aliphatic heterocycles. The van der Waals surface area contributed by atoms with Crippen LogP contribution in [-0.2, 0) is 4.79 Å². The summed E-state index contributed by atoms with van der Waals surface area (Å²) < 4.78 is 0. The highest BCUT2D eigenvalue weighted by Crippen LogP contribution is 2.53. The van der Waals surface area contributed by atoms with Gasteiger partial charge in [0.05, 0.1) is 5.41 Å². The standard InChI is InChI=1S/C21H42O2.H3N/c1-6-10-14-18-21(16-12-8-3,17-13-9-4)20(5,19(22)23)15-11-7-2;/h6-18H2,1-5H3,(H,22,23);1H3. The zero-order valence-electron chi connectivity index (χ0n) is 17.3. The Labute approximate surface area is 151 Å². The maximum absolute atomic E-state index is 12.3. The van der Waals surface area contributed by atoms with E-state index in [4.69, 9.17) is 0 Å². The van der Waals surface area contributed by atoms with Gasteiger partial charge in [-0.05, 0) is 38.0 Å². The smallest absolute Gasteiger partial charge is 0.309 e. The monoisotopic (exact) mass is 343 g/mol. The minimum Gasteiger partial charge on any atom is -0.481 e. The molecule has 0 heterocycles. The van der Waals surface area contributed by atoms with Gasteiger partial charge in [-0.2, -0.15) is 0 Å².